The molecule has 0 unspecified atom stereocenters. The highest BCUT2D eigenvalue weighted by Crippen LogP contribution is 2.51. The zero-order valence-electron chi connectivity index (χ0n) is 19.6. The van der Waals surface area contributed by atoms with E-state index in [0.717, 1.165) is 17.8 Å². The number of hydrogen-bond donors (Lipinski definition) is 1. The van der Waals surface area contributed by atoms with Gasteiger partial charge in [0.1, 0.15) is 6.54 Å². The van der Waals surface area contributed by atoms with Crippen molar-refractivity contribution >= 4 is 29.1 Å². The van der Waals surface area contributed by atoms with E-state index in [1.54, 1.807) is 11.0 Å². The second-order valence-electron chi connectivity index (χ2n) is 8.80. The van der Waals surface area contributed by atoms with Crippen LogP contribution in [0.3, 0.4) is 0 Å². The van der Waals surface area contributed by atoms with Gasteiger partial charge in [0.15, 0.2) is 23.1 Å². The molecule has 8 heteroatoms. The van der Waals surface area contributed by atoms with Crippen LogP contribution in [0.2, 0.25) is 5.02 Å². The Hall–Kier alpha value is -2.80. The number of ether oxygens (including phenoxy) is 2. The molecule has 0 atom stereocenters. The maximum Gasteiger partial charge on any atom is 0.323 e. The van der Waals surface area contributed by atoms with Crippen molar-refractivity contribution in [1.29, 1.82) is 0 Å². The number of benzene rings is 1. The van der Waals surface area contributed by atoms with Crippen LogP contribution in [-0.2, 0) is 14.4 Å². The summed E-state index contributed by atoms with van der Waals surface area (Å²) in [7, 11) is 0. The van der Waals surface area contributed by atoms with Crippen LogP contribution in [0.5, 0.6) is 11.5 Å². The third-order valence-corrected chi connectivity index (χ3v) is 6.78. The fourth-order valence-electron chi connectivity index (χ4n) is 5.24. The highest BCUT2D eigenvalue weighted by molar-refractivity contribution is 6.32. The van der Waals surface area contributed by atoms with E-state index >= 15 is 0 Å². The summed E-state index contributed by atoms with van der Waals surface area (Å²) in [5, 5.41) is 9.95. The average Bonchev–Trinajstić information content (AvgIpc) is 2.79. The van der Waals surface area contributed by atoms with Crippen molar-refractivity contribution in [2.75, 3.05) is 19.8 Å². The van der Waals surface area contributed by atoms with E-state index in [1.807, 2.05) is 19.9 Å². The maximum absolute atomic E-state index is 13.3. The summed E-state index contributed by atoms with van der Waals surface area (Å²) in [6.45, 7) is 4.48. The molecule has 0 saturated carbocycles. The number of ketones is 2. The Morgan fingerprint density at radius 3 is 2.18 bits per heavy atom. The molecule has 4 rings (SSSR count). The number of carboxylic acid groups (broad SMARTS) is 1. The first-order chi connectivity index (χ1) is 16.4. The normalized spacial score (nSPS) is 18.7. The summed E-state index contributed by atoms with van der Waals surface area (Å²) in [5.74, 6) is -0.758. The number of carbonyl (C=O) groups excluding carboxylic acids is 2. The lowest BCUT2D eigenvalue weighted by atomic mass is 9.71. The van der Waals surface area contributed by atoms with Gasteiger partial charge >= 0.3 is 5.97 Å². The van der Waals surface area contributed by atoms with Crippen molar-refractivity contribution in [1.82, 2.24) is 4.90 Å². The van der Waals surface area contributed by atoms with Crippen LogP contribution in [0.4, 0.5) is 0 Å². The van der Waals surface area contributed by atoms with Crippen molar-refractivity contribution in [3.8, 4) is 11.5 Å². The van der Waals surface area contributed by atoms with Crippen LogP contribution in [0.25, 0.3) is 0 Å². The van der Waals surface area contributed by atoms with Crippen molar-refractivity contribution in [3.63, 3.8) is 0 Å². The van der Waals surface area contributed by atoms with E-state index < -0.39 is 11.9 Å². The van der Waals surface area contributed by atoms with Crippen LogP contribution in [0.15, 0.2) is 34.7 Å². The lowest BCUT2D eigenvalue weighted by Crippen LogP contribution is -2.41. The second-order valence-corrected chi connectivity index (χ2v) is 9.21. The Kier molecular flexibility index (Phi) is 7.31. The van der Waals surface area contributed by atoms with Crippen molar-refractivity contribution < 1.29 is 29.0 Å². The van der Waals surface area contributed by atoms with Crippen LogP contribution in [0.1, 0.15) is 70.3 Å². The Labute approximate surface area is 204 Å². The highest BCUT2D eigenvalue weighted by Gasteiger charge is 2.44. The van der Waals surface area contributed by atoms with Gasteiger partial charge in [-0.2, -0.15) is 0 Å². The molecule has 7 nitrogen and oxygen atoms in total. The molecule has 1 N–H and O–H groups in total. The summed E-state index contributed by atoms with van der Waals surface area (Å²) in [6.07, 6.45) is 4.06. The molecule has 2 aliphatic carbocycles. The topological polar surface area (TPSA) is 93.1 Å². The first kappa shape index (κ1) is 24.3. The quantitative estimate of drug-likeness (QED) is 0.549. The molecular formula is C26H30ClNO6. The molecule has 0 radical (unpaired) electrons. The van der Waals surface area contributed by atoms with Gasteiger partial charge in [-0.3, -0.25) is 14.4 Å². The van der Waals surface area contributed by atoms with E-state index in [0.29, 0.717) is 85.0 Å². The van der Waals surface area contributed by atoms with Crippen LogP contribution in [-0.4, -0.2) is 47.3 Å². The van der Waals surface area contributed by atoms with Crippen LogP contribution < -0.4 is 9.47 Å². The van der Waals surface area contributed by atoms with Crippen LogP contribution >= 0.6 is 11.6 Å². The Morgan fingerprint density at radius 2 is 1.65 bits per heavy atom. The van der Waals surface area contributed by atoms with E-state index in [9.17, 15) is 19.5 Å². The molecule has 0 spiro atoms. The number of hydrogen-bond acceptors (Lipinski definition) is 6. The molecule has 1 aromatic carbocycles. The lowest BCUT2D eigenvalue weighted by Gasteiger charge is -2.43. The standard InChI is InChI=1S/C26H30ClNO6/c1-3-11-34-26-16(27)12-15(13-21(26)33-4-2)23-24-17(7-5-9-19(24)29)28(14-22(31)32)18-8-6-10-20(30)25(18)23/h12-13,23H,3-11,14H2,1-2H3,(H,31,32). The Morgan fingerprint density at radius 1 is 1.03 bits per heavy atom. The largest absolute Gasteiger partial charge is 0.490 e. The minimum atomic E-state index is -0.993. The molecule has 0 bridgehead atoms. The van der Waals surface area contributed by atoms with Gasteiger partial charge in [-0.05, 0) is 56.7 Å². The first-order valence-corrected chi connectivity index (χ1v) is 12.4. The number of rotatable bonds is 8. The third-order valence-electron chi connectivity index (χ3n) is 6.50. The molecule has 34 heavy (non-hydrogen) atoms. The number of aliphatic carboxylic acids is 1. The summed E-state index contributed by atoms with van der Waals surface area (Å²) >= 11 is 6.65. The fraction of sp³-hybridized carbons (Fsp3) is 0.500. The summed E-state index contributed by atoms with van der Waals surface area (Å²) in [5.41, 5.74) is 3.16. The fourth-order valence-corrected chi connectivity index (χ4v) is 5.51. The monoisotopic (exact) mass is 487 g/mol. The molecule has 1 aliphatic heterocycles. The first-order valence-electron chi connectivity index (χ1n) is 12.0. The van der Waals surface area contributed by atoms with Crippen molar-refractivity contribution in [2.24, 2.45) is 0 Å². The van der Waals surface area contributed by atoms with Gasteiger partial charge in [-0.25, -0.2) is 0 Å². The number of carbonyl (C=O) groups is 3. The number of carboxylic acids is 1. The number of Topliss-reactive ketones (excluding diaryl/α,β-unsaturated/α-hetero) is 2. The van der Waals surface area contributed by atoms with Gasteiger partial charge in [0.2, 0.25) is 0 Å². The van der Waals surface area contributed by atoms with E-state index in [-0.39, 0.29) is 18.1 Å². The number of nitrogens with zero attached hydrogens (tertiary/aromatic N) is 1. The Balaban J connectivity index is 1.93. The summed E-state index contributed by atoms with van der Waals surface area (Å²) in [4.78, 5) is 40.0. The second kappa shape index (κ2) is 10.2. The van der Waals surface area contributed by atoms with Crippen molar-refractivity contribution in [3.05, 3.63) is 45.3 Å². The smallest absolute Gasteiger partial charge is 0.323 e. The number of allylic oxidation sites excluding steroid dienone is 4. The van der Waals surface area contributed by atoms with Gasteiger partial charge in [0.25, 0.3) is 0 Å². The zero-order chi connectivity index (χ0) is 24.4. The third kappa shape index (κ3) is 4.45. The zero-order valence-corrected chi connectivity index (χ0v) is 20.4. The molecule has 1 aromatic rings. The molecule has 1 heterocycles. The minimum Gasteiger partial charge on any atom is -0.490 e. The van der Waals surface area contributed by atoms with Crippen LogP contribution in [0, 0.1) is 0 Å². The minimum absolute atomic E-state index is 0.0491. The van der Waals surface area contributed by atoms with E-state index in [2.05, 4.69) is 0 Å². The molecule has 0 aromatic heterocycles. The van der Waals surface area contributed by atoms with E-state index in [1.165, 1.54) is 0 Å². The van der Waals surface area contributed by atoms with Gasteiger partial charge in [-0.1, -0.05) is 18.5 Å². The van der Waals surface area contributed by atoms with Gasteiger partial charge in [0, 0.05) is 41.3 Å². The average molecular weight is 488 g/mol. The SMILES string of the molecule is CCCOc1c(Cl)cc(C2C3=C(CCCC3=O)N(CC(=O)O)C3=C2C(=O)CCC3)cc1OCC. The highest BCUT2D eigenvalue weighted by atomic mass is 35.5. The molecule has 3 aliphatic rings. The summed E-state index contributed by atoms with van der Waals surface area (Å²) < 4.78 is 11.7. The number of halogens is 1. The Bertz CT molecular complexity index is 1050. The van der Waals surface area contributed by atoms with Gasteiger partial charge < -0.3 is 19.5 Å². The van der Waals surface area contributed by atoms with E-state index in [4.69, 9.17) is 21.1 Å². The lowest BCUT2D eigenvalue weighted by molar-refractivity contribution is -0.138. The maximum atomic E-state index is 13.3. The molecule has 0 saturated heterocycles. The van der Waals surface area contributed by atoms with Gasteiger partial charge in [-0.15, -0.1) is 0 Å². The van der Waals surface area contributed by atoms with Gasteiger partial charge in [0.05, 0.1) is 18.2 Å². The summed E-state index contributed by atoms with van der Waals surface area (Å²) in [6, 6.07) is 3.57. The van der Waals surface area contributed by atoms with Crippen molar-refractivity contribution in [2.45, 2.75) is 64.7 Å². The molecule has 182 valence electrons. The predicted octanol–water partition coefficient (Wildman–Crippen LogP) is 5.03. The molecular weight excluding hydrogens is 458 g/mol. The predicted molar refractivity (Wildman–Crippen MR) is 127 cm³/mol. The molecule has 0 fully saturated rings. The molecule has 0 amide bonds.